The van der Waals surface area contributed by atoms with Gasteiger partial charge in [0.15, 0.2) is 0 Å². The standard InChI is InChI=1S/C8H9N3O3S/c12-15(13,14)5-4-6-2-1-3-7-8(6)10-11-9-7/h1-3H,4-5H2,(H,9,10,11)(H,12,13,14)/p+1. The number of rotatable bonds is 3. The van der Waals surface area contributed by atoms with E-state index in [1.807, 2.05) is 0 Å². The lowest BCUT2D eigenvalue weighted by atomic mass is 10.1. The molecule has 0 radical (unpaired) electrons. The van der Waals surface area contributed by atoms with E-state index in [0.29, 0.717) is 0 Å². The summed E-state index contributed by atoms with van der Waals surface area (Å²) in [6, 6.07) is 5.38. The number of H-pyrrole nitrogens is 2. The minimum absolute atomic E-state index is 0.256. The molecular formula is C8H10N3O3S+. The van der Waals surface area contributed by atoms with Crippen LogP contribution >= 0.6 is 0 Å². The summed E-state index contributed by atoms with van der Waals surface area (Å²) in [6.07, 6.45) is 0.256. The number of aromatic amines is 2. The van der Waals surface area contributed by atoms with E-state index in [0.717, 1.165) is 16.6 Å². The molecule has 0 atom stereocenters. The van der Waals surface area contributed by atoms with Crippen LogP contribution < -0.4 is 5.10 Å². The molecule has 0 saturated carbocycles. The SMILES string of the molecule is O=S(=O)(O)CCc1cccc2n[nH][nH+]c12. The highest BCUT2D eigenvalue weighted by atomic mass is 32.2. The summed E-state index contributed by atoms with van der Waals surface area (Å²) in [5, 5.41) is 9.33. The number of fused-ring (bicyclic) bond motifs is 1. The highest BCUT2D eigenvalue weighted by Gasteiger charge is 2.12. The van der Waals surface area contributed by atoms with E-state index in [4.69, 9.17) is 4.55 Å². The first-order chi connectivity index (χ1) is 7.06. The second kappa shape index (κ2) is 3.59. The van der Waals surface area contributed by atoms with Crippen molar-refractivity contribution >= 4 is 21.2 Å². The number of benzene rings is 1. The largest absolute Gasteiger partial charge is 0.286 e. The fourth-order valence-electron chi connectivity index (χ4n) is 1.42. The summed E-state index contributed by atoms with van der Waals surface area (Å²) in [4.78, 5) is 0. The Balaban J connectivity index is 2.32. The molecule has 0 spiro atoms. The van der Waals surface area contributed by atoms with Crippen LogP contribution in [0.25, 0.3) is 11.0 Å². The smallest absolute Gasteiger partial charge is 0.265 e. The van der Waals surface area contributed by atoms with Crippen molar-refractivity contribution in [3.63, 3.8) is 0 Å². The van der Waals surface area contributed by atoms with Crippen molar-refractivity contribution in [3.8, 4) is 0 Å². The molecule has 6 nitrogen and oxygen atoms in total. The fourth-order valence-corrected chi connectivity index (χ4v) is 1.89. The van der Waals surface area contributed by atoms with Gasteiger partial charge in [0.1, 0.15) is 0 Å². The Hall–Kier alpha value is -1.47. The number of hydrogen-bond donors (Lipinski definition) is 2. The maximum absolute atomic E-state index is 10.6. The molecule has 0 saturated heterocycles. The zero-order valence-electron chi connectivity index (χ0n) is 7.77. The molecule has 2 aromatic rings. The topological polar surface area (TPSA) is 97.2 Å². The van der Waals surface area contributed by atoms with E-state index in [9.17, 15) is 8.42 Å². The predicted molar refractivity (Wildman–Crippen MR) is 52.8 cm³/mol. The van der Waals surface area contributed by atoms with Gasteiger partial charge in [-0.25, -0.2) is 0 Å². The molecule has 7 heteroatoms. The van der Waals surface area contributed by atoms with Gasteiger partial charge >= 0.3 is 0 Å². The Morgan fingerprint density at radius 2 is 2.27 bits per heavy atom. The molecule has 15 heavy (non-hydrogen) atoms. The van der Waals surface area contributed by atoms with Crippen LogP contribution in [0.3, 0.4) is 0 Å². The van der Waals surface area contributed by atoms with Crippen LogP contribution in [0.2, 0.25) is 0 Å². The zero-order chi connectivity index (χ0) is 10.9. The molecule has 1 aromatic carbocycles. The van der Waals surface area contributed by atoms with Crippen molar-refractivity contribution < 1.29 is 18.1 Å². The highest BCUT2D eigenvalue weighted by molar-refractivity contribution is 7.85. The van der Waals surface area contributed by atoms with Gasteiger partial charge in [-0.3, -0.25) is 4.55 Å². The van der Waals surface area contributed by atoms with E-state index in [1.54, 1.807) is 18.2 Å². The molecule has 0 amide bonds. The normalized spacial score (nSPS) is 12.1. The molecule has 0 fully saturated rings. The van der Waals surface area contributed by atoms with Gasteiger partial charge in [0.25, 0.3) is 10.1 Å². The first kappa shape index (κ1) is 10.1. The molecular weight excluding hydrogens is 218 g/mol. The van der Waals surface area contributed by atoms with Crippen molar-refractivity contribution in [1.82, 2.24) is 10.3 Å². The lowest BCUT2D eigenvalue weighted by molar-refractivity contribution is -0.427. The highest BCUT2D eigenvalue weighted by Crippen LogP contribution is 2.12. The van der Waals surface area contributed by atoms with Crippen molar-refractivity contribution in [2.75, 3.05) is 5.75 Å². The van der Waals surface area contributed by atoms with Gasteiger partial charge in [-0.2, -0.15) is 13.5 Å². The maximum atomic E-state index is 10.6. The summed E-state index contributed by atoms with van der Waals surface area (Å²) < 4.78 is 29.8. The van der Waals surface area contributed by atoms with E-state index in [1.165, 1.54) is 0 Å². The lowest BCUT2D eigenvalue weighted by Gasteiger charge is -1.97. The van der Waals surface area contributed by atoms with Gasteiger partial charge in [-0.1, -0.05) is 17.3 Å². The van der Waals surface area contributed by atoms with Gasteiger partial charge in [0.05, 0.1) is 5.75 Å². The number of nitrogens with one attached hydrogen (secondary N) is 2. The molecule has 1 heterocycles. The Kier molecular flexibility index (Phi) is 2.41. The number of hydrogen-bond acceptors (Lipinski definition) is 3. The summed E-state index contributed by atoms with van der Waals surface area (Å²) >= 11 is 0. The summed E-state index contributed by atoms with van der Waals surface area (Å²) in [5.41, 5.74) is 2.31. The van der Waals surface area contributed by atoms with Crippen LogP contribution in [-0.2, 0) is 16.5 Å². The molecule has 0 aliphatic carbocycles. The van der Waals surface area contributed by atoms with Crippen molar-refractivity contribution in [2.45, 2.75) is 6.42 Å². The fraction of sp³-hybridized carbons (Fsp3) is 0.250. The molecule has 0 unspecified atom stereocenters. The third kappa shape index (κ3) is 2.31. The number of aryl methyl sites for hydroxylation is 1. The molecule has 0 aliphatic heterocycles. The Morgan fingerprint density at radius 1 is 1.47 bits per heavy atom. The second-order valence-corrected chi connectivity index (χ2v) is 4.77. The Morgan fingerprint density at radius 3 is 3.00 bits per heavy atom. The van der Waals surface area contributed by atoms with Gasteiger partial charge in [0.2, 0.25) is 11.0 Å². The molecule has 1 aromatic heterocycles. The molecule has 2 rings (SSSR count). The van der Waals surface area contributed by atoms with Crippen LogP contribution in [0.5, 0.6) is 0 Å². The van der Waals surface area contributed by atoms with Crippen LogP contribution in [0, 0.1) is 0 Å². The van der Waals surface area contributed by atoms with Crippen molar-refractivity contribution in [2.24, 2.45) is 0 Å². The number of para-hydroxylation sites is 1. The van der Waals surface area contributed by atoms with Gasteiger partial charge in [-0.15, -0.1) is 0 Å². The Labute approximate surface area is 86.1 Å². The van der Waals surface area contributed by atoms with Crippen LogP contribution in [0.1, 0.15) is 5.56 Å². The number of nitrogens with zero attached hydrogens (tertiary/aromatic N) is 1. The monoisotopic (exact) mass is 228 g/mol. The first-order valence-corrected chi connectivity index (χ1v) is 5.96. The third-order valence-corrected chi connectivity index (χ3v) is 2.84. The molecule has 3 N–H and O–H groups in total. The lowest BCUT2D eigenvalue weighted by Crippen LogP contribution is -2.10. The average molecular weight is 228 g/mol. The van der Waals surface area contributed by atoms with Crippen LogP contribution in [0.15, 0.2) is 18.2 Å². The summed E-state index contributed by atoms with van der Waals surface area (Å²) in [5.74, 6) is -0.287. The maximum Gasteiger partial charge on any atom is 0.265 e. The van der Waals surface area contributed by atoms with E-state index >= 15 is 0 Å². The van der Waals surface area contributed by atoms with E-state index in [2.05, 4.69) is 15.4 Å². The minimum atomic E-state index is -3.92. The van der Waals surface area contributed by atoms with Gasteiger partial charge in [0, 0.05) is 10.7 Å². The van der Waals surface area contributed by atoms with Crippen molar-refractivity contribution in [3.05, 3.63) is 23.8 Å². The van der Waals surface area contributed by atoms with E-state index < -0.39 is 10.1 Å². The first-order valence-electron chi connectivity index (χ1n) is 4.35. The van der Waals surface area contributed by atoms with Gasteiger partial charge in [-0.05, 0) is 12.5 Å². The zero-order valence-corrected chi connectivity index (χ0v) is 8.58. The summed E-state index contributed by atoms with van der Waals surface area (Å²) in [7, 11) is -3.92. The van der Waals surface area contributed by atoms with Crippen molar-refractivity contribution in [1.29, 1.82) is 0 Å². The van der Waals surface area contributed by atoms with Gasteiger partial charge < -0.3 is 0 Å². The third-order valence-electron chi connectivity index (χ3n) is 2.12. The second-order valence-electron chi connectivity index (χ2n) is 3.20. The molecule has 0 aliphatic rings. The molecule has 0 bridgehead atoms. The summed E-state index contributed by atoms with van der Waals surface area (Å²) in [6.45, 7) is 0. The molecule has 80 valence electrons. The quantitative estimate of drug-likeness (QED) is 0.711. The van der Waals surface area contributed by atoms with E-state index in [-0.39, 0.29) is 12.2 Å². The predicted octanol–water partition coefficient (Wildman–Crippen LogP) is -0.193. The number of aromatic nitrogens is 3. The van der Waals surface area contributed by atoms with Crippen LogP contribution in [0.4, 0.5) is 0 Å². The van der Waals surface area contributed by atoms with Crippen LogP contribution in [-0.4, -0.2) is 29.0 Å². The minimum Gasteiger partial charge on any atom is -0.286 e. The average Bonchev–Trinajstić information content (AvgIpc) is 2.61. The Bertz CT molecular complexity index is 576.